The molecule has 1 heteroatoms. The molecule has 0 heterocycles. The molecule has 0 aromatic heterocycles. The van der Waals surface area contributed by atoms with Crippen LogP contribution in [0.4, 0.5) is 0 Å². The molecule has 3 atom stereocenters. The van der Waals surface area contributed by atoms with Gasteiger partial charge in [-0.1, -0.05) is 38.1 Å². The standard InChI is InChI=1S/C17H25N/c1-3-12-6-5-7-13(8-12)17(18-4-2)16-10-14-9-15(14)11-16/h5-8,14-18H,3-4,9-11H2,1-2H3. The normalized spacial score (nSPS) is 31.1. The SMILES string of the molecule is CCNC(c1cccc(CC)c1)C1CC2CC2C1. The molecular weight excluding hydrogens is 218 g/mol. The Morgan fingerprint density at radius 2 is 1.94 bits per heavy atom. The lowest BCUT2D eigenvalue weighted by molar-refractivity contribution is 0.346. The zero-order chi connectivity index (χ0) is 12.5. The van der Waals surface area contributed by atoms with E-state index in [1.807, 2.05) is 0 Å². The second kappa shape index (κ2) is 5.05. The summed E-state index contributed by atoms with van der Waals surface area (Å²) in [6, 6.07) is 9.80. The predicted octanol–water partition coefficient (Wildman–Crippen LogP) is 3.95. The molecule has 0 saturated heterocycles. The number of aryl methyl sites for hydroxylation is 1. The average Bonchev–Trinajstić information content (AvgIpc) is 3.03. The number of fused-ring (bicyclic) bond motifs is 1. The molecule has 1 N–H and O–H groups in total. The van der Waals surface area contributed by atoms with Gasteiger partial charge in [0.15, 0.2) is 0 Å². The summed E-state index contributed by atoms with van der Waals surface area (Å²) in [6.07, 6.45) is 5.57. The minimum atomic E-state index is 0.592. The van der Waals surface area contributed by atoms with Crippen molar-refractivity contribution >= 4 is 0 Å². The van der Waals surface area contributed by atoms with E-state index in [0.29, 0.717) is 6.04 Å². The monoisotopic (exact) mass is 243 g/mol. The third-order valence-corrected chi connectivity index (χ3v) is 4.89. The van der Waals surface area contributed by atoms with E-state index in [1.165, 1.54) is 30.4 Å². The smallest absolute Gasteiger partial charge is 0.0348 e. The fourth-order valence-corrected chi connectivity index (χ4v) is 3.82. The fraction of sp³-hybridized carbons (Fsp3) is 0.647. The first-order chi connectivity index (χ1) is 8.81. The highest BCUT2D eigenvalue weighted by Crippen LogP contribution is 2.57. The molecule has 3 unspecified atom stereocenters. The maximum Gasteiger partial charge on any atom is 0.0348 e. The van der Waals surface area contributed by atoms with Crippen LogP contribution in [0.3, 0.4) is 0 Å². The van der Waals surface area contributed by atoms with Crippen LogP contribution in [0.25, 0.3) is 0 Å². The van der Waals surface area contributed by atoms with Crippen LogP contribution in [0, 0.1) is 17.8 Å². The molecule has 0 amide bonds. The van der Waals surface area contributed by atoms with Crippen molar-refractivity contribution in [3.8, 4) is 0 Å². The van der Waals surface area contributed by atoms with Crippen molar-refractivity contribution in [2.45, 2.75) is 45.6 Å². The largest absolute Gasteiger partial charge is 0.310 e. The fourth-order valence-electron chi connectivity index (χ4n) is 3.82. The highest BCUT2D eigenvalue weighted by atomic mass is 14.9. The number of benzene rings is 1. The summed E-state index contributed by atoms with van der Waals surface area (Å²) in [5.41, 5.74) is 2.99. The van der Waals surface area contributed by atoms with Crippen molar-refractivity contribution in [2.75, 3.05) is 6.54 Å². The van der Waals surface area contributed by atoms with E-state index in [0.717, 1.165) is 30.7 Å². The molecule has 2 aliphatic carbocycles. The van der Waals surface area contributed by atoms with Crippen LogP contribution in [0.5, 0.6) is 0 Å². The van der Waals surface area contributed by atoms with E-state index in [4.69, 9.17) is 0 Å². The lowest BCUT2D eigenvalue weighted by Gasteiger charge is -2.26. The summed E-state index contributed by atoms with van der Waals surface area (Å²) >= 11 is 0. The summed E-state index contributed by atoms with van der Waals surface area (Å²) in [5, 5.41) is 3.73. The Hall–Kier alpha value is -0.820. The van der Waals surface area contributed by atoms with Crippen LogP contribution < -0.4 is 5.32 Å². The van der Waals surface area contributed by atoms with E-state index < -0.39 is 0 Å². The Morgan fingerprint density at radius 1 is 1.17 bits per heavy atom. The third-order valence-electron chi connectivity index (χ3n) is 4.89. The van der Waals surface area contributed by atoms with Crippen LogP contribution in [-0.4, -0.2) is 6.54 Å². The van der Waals surface area contributed by atoms with Gasteiger partial charge in [0.05, 0.1) is 0 Å². The first-order valence-electron chi connectivity index (χ1n) is 7.64. The number of rotatable bonds is 5. The van der Waals surface area contributed by atoms with Gasteiger partial charge in [0.1, 0.15) is 0 Å². The van der Waals surface area contributed by atoms with E-state index >= 15 is 0 Å². The van der Waals surface area contributed by atoms with Crippen molar-refractivity contribution in [1.82, 2.24) is 5.32 Å². The number of hydrogen-bond donors (Lipinski definition) is 1. The van der Waals surface area contributed by atoms with Gasteiger partial charge in [-0.15, -0.1) is 0 Å². The van der Waals surface area contributed by atoms with Gasteiger partial charge in [-0.2, -0.15) is 0 Å². The molecule has 2 saturated carbocycles. The van der Waals surface area contributed by atoms with Gasteiger partial charge in [0, 0.05) is 6.04 Å². The number of nitrogens with one attached hydrogen (secondary N) is 1. The molecule has 1 aromatic rings. The van der Waals surface area contributed by atoms with Crippen LogP contribution in [-0.2, 0) is 6.42 Å². The highest BCUT2D eigenvalue weighted by Gasteiger charge is 2.47. The molecule has 1 aromatic carbocycles. The molecule has 2 fully saturated rings. The molecule has 2 aliphatic rings. The first-order valence-corrected chi connectivity index (χ1v) is 7.64. The quantitative estimate of drug-likeness (QED) is 0.826. The Morgan fingerprint density at radius 3 is 2.61 bits per heavy atom. The third kappa shape index (κ3) is 2.33. The van der Waals surface area contributed by atoms with Gasteiger partial charge in [-0.3, -0.25) is 0 Å². The summed E-state index contributed by atoms with van der Waals surface area (Å²) in [6.45, 7) is 5.55. The Labute approximate surface area is 111 Å². The van der Waals surface area contributed by atoms with Crippen molar-refractivity contribution in [1.29, 1.82) is 0 Å². The summed E-state index contributed by atoms with van der Waals surface area (Å²) in [5.74, 6) is 3.02. The Bertz CT molecular complexity index is 402. The summed E-state index contributed by atoms with van der Waals surface area (Å²) in [4.78, 5) is 0. The predicted molar refractivity (Wildman–Crippen MR) is 76.6 cm³/mol. The minimum absolute atomic E-state index is 0.592. The van der Waals surface area contributed by atoms with Gasteiger partial charge >= 0.3 is 0 Å². The van der Waals surface area contributed by atoms with E-state index in [1.54, 1.807) is 0 Å². The second-order valence-corrected chi connectivity index (χ2v) is 6.12. The van der Waals surface area contributed by atoms with Gasteiger partial charge in [-0.25, -0.2) is 0 Å². The maximum absolute atomic E-state index is 3.73. The van der Waals surface area contributed by atoms with Gasteiger partial charge in [0.25, 0.3) is 0 Å². The Kier molecular flexibility index (Phi) is 3.43. The molecule has 1 nitrogen and oxygen atoms in total. The van der Waals surface area contributed by atoms with E-state index in [-0.39, 0.29) is 0 Å². The molecule has 0 radical (unpaired) electrons. The van der Waals surface area contributed by atoms with Crippen molar-refractivity contribution < 1.29 is 0 Å². The molecule has 0 spiro atoms. The van der Waals surface area contributed by atoms with E-state index in [2.05, 4.69) is 43.4 Å². The van der Waals surface area contributed by atoms with Crippen LogP contribution in [0.2, 0.25) is 0 Å². The average molecular weight is 243 g/mol. The molecule has 3 rings (SSSR count). The zero-order valence-electron chi connectivity index (χ0n) is 11.7. The van der Waals surface area contributed by atoms with Crippen LogP contribution in [0.15, 0.2) is 24.3 Å². The minimum Gasteiger partial charge on any atom is -0.310 e. The van der Waals surface area contributed by atoms with Crippen LogP contribution in [0.1, 0.15) is 50.3 Å². The lowest BCUT2D eigenvalue weighted by atomic mass is 9.88. The highest BCUT2D eigenvalue weighted by molar-refractivity contribution is 5.27. The van der Waals surface area contributed by atoms with Gasteiger partial charge in [0.2, 0.25) is 0 Å². The van der Waals surface area contributed by atoms with Gasteiger partial charge < -0.3 is 5.32 Å². The second-order valence-electron chi connectivity index (χ2n) is 6.12. The van der Waals surface area contributed by atoms with Crippen LogP contribution >= 0.6 is 0 Å². The molecule has 18 heavy (non-hydrogen) atoms. The Balaban J connectivity index is 1.79. The maximum atomic E-state index is 3.73. The molecule has 98 valence electrons. The van der Waals surface area contributed by atoms with Gasteiger partial charge in [-0.05, 0) is 61.1 Å². The van der Waals surface area contributed by atoms with Crippen molar-refractivity contribution in [2.24, 2.45) is 17.8 Å². The summed E-state index contributed by atoms with van der Waals surface area (Å²) < 4.78 is 0. The zero-order valence-corrected chi connectivity index (χ0v) is 11.7. The molecule has 0 aliphatic heterocycles. The first kappa shape index (κ1) is 12.2. The summed E-state index contributed by atoms with van der Waals surface area (Å²) in [7, 11) is 0. The van der Waals surface area contributed by atoms with E-state index in [9.17, 15) is 0 Å². The molecule has 0 bridgehead atoms. The number of hydrogen-bond acceptors (Lipinski definition) is 1. The van der Waals surface area contributed by atoms with Crippen molar-refractivity contribution in [3.63, 3.8) is 0 Å². The molecular formula is C17H25N. The van der Waals surface area contributed by atoms with Crippen molar-refractivity contribution in [3.05, 3.63) is 35.4 Å². The lowest BCUT2D eigenvalue weighted by Crippen LogP contribution is -2.27. The topological polar surface area (TPSA) is 12.0 Å².